The van der Waals surface area contributed by atoms with Gasteiger partial charge in [-0.15, -0.1) is 0 Å². The molecule has 106 valence electrons. The van der Waals surface area contributed by atoms with E-state index in [1.807, 2.05) is 56.3 Å². The normalized spacial score (nSPS) is 12.2. The molecule has 0 amide bonds. The van der Waals surface area contributed by atoms with E-state index in [4.69, 9.17) is 16.3 Å². The molecule has 0 aliphatic rings. The molecule has 20 heavy (non-hydrogen) atoms. The quantitative estimate of drug-likeness (QED) is 0.867. The van der Waals surface area contributed by atoms with Gasteiger partial charge in [0.25, 0.3) is 0 Å². The minimum atomic E-state index is -0.500. The van der Waals surface area contributed by atoms with Crippen molar-refractivity contribution in [2.24, 2.45) is 0 Å². The van der Waals surface area contributed by atoms with Gasteiger partial charge in [0, 0.05) is 16.1 Å². The SMILES string of the molecule is CCC(O)c1ccccc1OCc1ccc(C)cc1Cl. The number of hydrogen-bond donors (Lipinski definition) is 1. The van der Waals surface area contributed by atoms with Crippen LogP contribution >= 0.6 is 11.6 Å². The minimum Gasteiger partial charge on any atom is -0.488 e. The Labute approximate surface area is 125 Å². The van der Waals surface area contributed by atoms with E-state index in [0.717, 1.165) is 16.7 Å². The third-order valence-electron chi connectivity index (χ3n) is 3.26. The number of ether oxygens (including phenoxy) is 1. The first kappa shape index (κ1) is 14.9. The highest BCUT2D eigenvalue weighted by Crippen LogP contribution is 2.28. The Kier molecular flexibility index (Phi) is 5.05. The molecule has 0 saturated heterocycles. The second-order valence-electron chi connectivity index (χ2n) is 4.85. The van der Waals surface area contributed by atoms with Crippen LogP contribution in [0.1, 0.15) is 36.1 Å². The van der Waals surface area contributed by atoms with Crippen LogP contribution < -0.4 is 4.74 Å². The fourth-order valence-corrected chi connectivity index (χ4v) is 2.32. The van der Waals surface area contributed by atoms with Gasteiger partial charge in [-0.25, -0.2) is 0 Å². The number of aliphatic hydroxyl groups excluding tert-OH is 1. The van der Waals surface area contributed by atoms with E-state index >= 15 is 0 Å². The van der Waals surface area contributed by atoms with Crippen molar-refractivity contribution in [3.05, 3.63) is 64.2 Å². The van der Waals surface area contributed by atoms with Crippen molar-refractivity contribution in [2.75, 3.05) is 0 Å². The molecular formula is C17H19ClO2. The number of hydrogen-bond acceptors (Lipinski definition) is 2. The first-order valence-electron chi connectivity index (χ1n) is 6.76. The van der Waals surface area contributed by atoms with Crippen molar-refractivity contribution in [2.45, 2.75) is 33.0 Å². The van der Waals surface area contributed by atoms with E-state index in [-0.39, 0.29) is 0 Å². The zero-order chi connectivity index (χ0) is 14.5. The average Bonchev–Trinajstić information content (AvgIpc) is 2.46. The van der Waals surface area contributed by atoms with E-state index in [9.17, 15) is 5.11 Å². The summed E-state index contributed by atoms with van der Waals surface area (Å²) in [5.74, 6) is 0.707. The number of benzene rings is 2. The van der Waals surface area contributed by atoms with Crippen LogP contribution in [-0.2, 0) is 6.61 Å². The first-order chi connectivity index (χ1) is 9.61. The summed E-state index contributed by atoms with van der Waals surface area (Å²) in [5, 5.41) is 10.7. The van der Waals surface area contributed by atoms with Crippen molar-refractivity contribution in [1.29, 1.82) is 0 Å². The van der Waals surface area contributed by atoms with E-state index in [0.29, 0.717) is 23.8 Å². The zero-order valence-electron chi connectivity index (χ0n) is 11.8. The fraction of sp³-hybridized carbons (Fsp3) is 0.294. The molecule has 0 spiro atoms. The third kappa shape index (κ3) is 3.53. The first-order valence-corrected chi connectivity index (χ1v) is 7.14. The topological polar surface area (TPSA) is 29.5 Å². The van der Waals surface area contributed by atoms with Gasteiger partial charge < -0.3 is 9.84 Å². The van der Waals surface area contributed by atoms with Crippen molar-refractivity contribution < 1.29 is 9.84 Å². The molecule has 1 atom stereocenters. The third-order valence-corrected chi connectivity index (χ3v) is 3.61. The number of halogens is 1. The van der Waals surface area contributed by atoms with Gasteiger partial charge in [0.05, 0.1) is 6.10 Å². The van der Waals surface area contributed by atoms with Gasteiger partial charge >= 0.3 is 0 Å². The van der Waals surface area contributed by atoms with Gasteiger partial charge in [-0.2, -0.15) is 0 Å². The second kappa shape index (κ2) is 6.78. The van der Waals surface area contributed by atoms with Crippen LogP contribution in [0.3, 0.4) is 0 Å². The Morgan fingerprint density at radius 1 is 1.20 bits per heavy atom. The number of rotatable bonds is 5. The Balaban J connectivity index is 2.15. The number of para-hydroxylation sites is 1. The van der Waals surface area contributed by atoms with Crippen molar-refractivity contribution >= 4 is 11.6 Å². The largest absolute Gasteiger partial charge is 0.488 e. The summed E-state index contributed by atoms with van der Waals surface area (Å²) < 4.78 is 5.82. The summed E-state index contributed by atoms with van der Waals surface area (Å²) in [6.45, 7) is 4.34. The molecular weight excluding hydrogens is 272 g/mol. The van der Waals surface area contributed by atoms with Crippen LogP contribution in [0.2, 0.25) is 5.02 Å². The molecule has 3 heteroatoms. The zero-order valence-corrected chi connectivity index (χ0v) is 12.5. The number of aryl methyl sites for hydroxylation is 1. The maximum atomic E-state index is 9.99. The lowest BCUT2D eigenvalue weighted by atomic mass is 10.1. The van der Waals surface area contributed by atoms with Gasteiger partial charge in [0.2, 0.25) is 0 Å². The lowest BCUT2D eigenvalue weighted by Crippen LogP contribution is -2.02. The highest BCUT2D eigenvalue weighted by molar-refractivity contribution is 6.31. The van der Waals surface area contributed by atoms with Gasteiger partial charge in [-0.05, 0) is 31.0 Å². The minimum absolute atomic E-state index is 0.395. The molecule has 1 N–H and O–H groups in total. The highest BCUT2D eigenvalue weighted by Gasteiger charge is 2.11. The van der Waals surface area contributed by atoms with E-state index < -0.39 is 6.10 Å². The molecule has 2 aromatic carbocycles. The van der Waals surface area contributed by atoms with Gasteiger partial charge in [-0.3, -0.25) is 0 Å². The summed E-state index contributed by atoms with van der Waals surface area (Å²) in [7, 11) is 0. The Morgan fingerprint density at radius 2 is 1.95 bits per heavy atom. The summed E-state index contributed by atoms with van der Waals surface area (Å²) in [6.07, 6.45) is 0.158. The molecule has 0 aromatic heterocycles. The maximum absolute atomic E-state index is 9.99. The summed E-state index contributed by atoms with van der Waals surface area (Å²) in [5.41, 5.74) is 2.89. The Hall–Kier alpha value is -1.51. The average molecular weight is 291 g/mol. The van der Waals surface area contributed by atoms with Crippen molar-refractivity contribution in [3.63, 3.8) is 0 Å². The summed E-state index contributed by atoms with van der Waals surface area (Å²) in [4.78, 5) is 0. The van der Waals surface area contributed by atoms with Gasteiger partial charge in [0.15, 0.2) is 0 Å². The Bertz CT molecular complexity index is 581. The van der Waals surface area contributed by atoms with Gasteiger partial charge in [0.1, 0.15) is 12.4 Å². The monoisotopic (exact) mass is 290 g/mol. The standard InChI is InChI=1S/C17H19ClO2/c1-3-16(19)14-6-4-5-7-17(14)20-11-13-9-8-12(2)10-15(13)18/h4-10,16,19H,3,11H2,1-2H3. The second-order valence-corrected chi connectivity index (χ2v) is 5.25. The predicted octanol–water partition coefficient (Wildman–Crippen LogP) is 4.67. The highest BCUT2D eigenvalue weighted by atomic mass is 35.5. The van der Waals surface area contributed by atoms with Crippen molar-refractivity contribution in [3.8, 4) is 5.75 Å². The van der Waals surface area contributed by atoms with E-state index in [1.54, 1.807) is 0 Å². The molecule has 0 fully saturated rings. The van der Waals surface area contributed by atoms with Crippen LogP contribution in [0.25, 0.3) is 0 Å². The van der Waals surface area contributed by atoms with Crippen molar-refractivity contribution in [1.82, 2.24) is 0 Å². The molecule has 0 bridgehead atoms. The fourth-order valence-electron chi connectivity index (χ4n) is 2.03. The molecule has 0 aliphatic heterocycles. The summed E-state index contributed by atoms with van der Waals surface area (Å²) in [6, 6.07) is 13.5. The molecule has 0 aliphatic carbocycles. The van der Waals surface area contributed by atoms with E-state index in [1.165, 1.54) is 0 Å². The molecule has 0 saturated carbocycles. The van der Waals surface area contributed by atoms with Crippen LogP contribution in [-0.4, -0.2) is 5.11 Å². The van der Waals surface area contributed by atoms with Gasteiger partial charge in [-0.1, -0.05) is 48.9 Å². The molecule has 0 radical (unpaired) electrons. The molecule has 0 heterocycles. The molecule has 2 aromatic rings. The Morgan fingerprint density at radius 3 is 2.65 bits per heavy atom. The van der Waals surface area contributed by atoms with Crippen LogP contribution in [0.5, 0.6) is 5.75 Å². The lowest BCUT2D eigenvalue weighted by molar-refractivity contribution is 0.166. The lowest BCUT2D eigenvalue weighted by Gasteiger charge is -2.15. The number of aliphatic hydroxyl groups is 1. The smallest absolute Gasteiger partial charge is 0.125 e. The van der Waals surface area contributed by atoms with Crippen LogP contribution in [0.4, 0.5) is 0 Å². The summed E-state index contributed by atoms with van der Waals surface area (Å²) >= 11 is 6.20. The van der Waals surface area contributed by atoms with Crippen LogP contribution in [0, 0.1) is 6.92 Å². The molecule has 2 nitrogen and oxygen atoms in total. The molecule has 2 rings (SSSR count). The van der Waals surface area contributed by atoms with Crippen LogP contribution in [0.15, 0.2) is 42.5 Å². The maximum Gasteiger partial charge on any atom is 0.125 e. The molecule has 1 unspecified atom stereocenters. The predicted molar refractivity (Wildman–Crippen MR) is 82.2 cm³/mol. The van der Waals surface area contributed by atoms with E-state index in [2.05, 4.69) is 0 Å².